The van der Waals surface area contributed by atoms with Gasteiger partial charge in [-0.05, 0) is 24.7 Å². The molecule has 1 rings (SSSR count). The maximum atomic E-state index is 12.0. The van der Waals surface area contributed by atoms with Crippen molar-refractivity contribution in [2.24, 2.45) is 11.1 Å². The SMILES string of the molecule is CC1(C)CCCCC1NC(=O)C(N)CCS(C)(=O)=O. The van der Waals surface area contributed by atoms with Crippen molar-refractivity contribution in [3.05, 3.63) is 0 Å². The summed E-state index contributed by atoms with van der Waals surface area (Å²) in [6.45, 7) is 4.30. The summed E-state index contributed by atoms with van der Waals surface area (Å²) in [4.78, 5) is 12.0. The quantitative estimate of drug-likeness (QED) is 0.785. The Morgan fingerprint density at radius 2 is 2.05 bits per heavy atom. The molecule has 1 aliphatic carbocycles. The second-order valence-electron chi connectivity index (χ2n) is 6.32. The molecule has 3 N–H and O–H groups in total. The highest BCUT2D eigenvalue weighted by molar-refractivity contribution is 7.90. The van der Waals surface area contributed by atoms with Gasteiger partial charge in [-0.15, -0.1) is 0 Å². The highest BCUT2D eigenvalue weighted by Gasteiger charge is 2.34. The van der Waals surface area contributed by atoms with Gasteiger partial charge in [0, 0.05) is 12.3 Å². The molecule has 2 unspecified atom stereocenters. The average Bonchev–Trinajstić information content (AvgIpc) is 2.27. The topological polar surface area (TPSA) is 89.3 Å². The lowest BCUT2D eigenvalue weighted by atomic mass is 9.73. The lowest BCUT2D eigenvalue weighted by Crippen LogP contribution is -2.52. The Kier molecular flexibility index (Phi) is 5.38. The van der Waals surface area contributed by atoms with Crippen molar-refractivity contribution in [2.75, 3.05) is 12.0 Å². The van der Waals surface area contributed by atoms with Crippen molar-refractivity contribution in [1.82, 2.24) is 5.32 Å². The summed E-state index contributed by atoms with van der Waals surface area (Å²) in [5, 5.41) is 2.99. The first kappa shape index (κ1) is 16.4. The summed E-state index contributed by atoms with van der Waals surface area (Å²) >= 11 is 0. The Hall–Kier alpha value is -0.620. The first-order chi connectivity index (χ1) is 8.62. The molecule has 2 atom stereocenters. The number of amides is 1. The van der Waals surface area contributed by atoms with Gasteiger partial charge in [-0.2, -0.15) is 0 Å². The highest BCUT2D eigenvalue weighted by atomic mass is 32.2. The normalized spacial score (nSPS) is 24.7. The van der Waals surface area contributed by atoms with Crippen molar-refractivity contribution < 1.29 is 13.2 Å². The second kappa shape index (κ2) is 6.22. The predicted molar refractivity (Wildman–Crippen MR) is 76.5 cm³/mol. The van der Waals surface area contributed by atoms with Crippen LogP contribution in [0.4, 0.5) is 0 Å². The van der Waals surface area contributed by atoms with Crippen molar-refractivity contribution in [3.63, 3.8) is 0 Å². The van der Waals surface area contributed by atoms with Gasteiger partial charge in [-0.25, -0.2) is 8.42 Å². The van der Waals surface area contributed by atoms with Crippen LogP contribution in [0.2, 0.25) is 0 Å². The zero-order valence-electron chi connectivity index (χ0n) is 12.1. The largest absolute Gasteiger partial charge is 0.351 e. The molecule has 0 spiro atoms. The number of carbonyl (C=O) groups excluding carboxylic acids is 1. The smallest absolute Gasteiger partial charge is 0.237 e. The van der Waals surface area contributed by atoms with Crippen molar-refractivity contribution in [1.29, 1.82) is 0 Å². The molecule has 0 aromatic heterocycles. The van der Waals surface area contributed by atoms with Gasteiger partial charge < -0.3 is 11.1 Å². The zero-order chi connectivity index (χ0) is 14.7. The van der Waals surface area contributed by atoms with Crippen LogP contribution in [-0.2, 0) is 14.6 Å². The number of hydrogen-bond donors (Lipinski definition) is 2. The molecule has 112 valence electrons. The van der Waals surface area contributed by atoms with Crippen molar-refractivity contribution >= 4 is 15.7 Å². The van der Waals surface area contributed by atoms with Gasteiger partial charge in [0.1, 0.15) is 9.84 Å². The van der Waals surface area contributed by atoms with Gasteiger partial charge in [0.2, 0.25) is 5.91 Å². The molecule has 0 heterocycles. The Balaban J connectivity index is 2.49. The van der Waals surface area contributed by atoms with Crippen LogP contribution >= 0.6 is 0 Å². The van der Waals surface area contributed by atoms with Crippen LogP contribution in [-0.4, -0.2) is 38.4 Å². The van der Waals surface area contributed by atoms with Gasteiger partial charge in [0.25, 0.3) is 0 Å². The van der Waals surface area contributed by atoms with Crippen LogP contribution in [0.3, 0.4) is 0 Å². The molecule has 1 amide bonds. The molecule has 0 aromatic carbocycles. The number of sulfone groups is 1. The van der Waals surface area contributed by atoms with E-state index in [9.17, 15) is 13.2 Å². The van der Waals surface area contributed by atoms with E-state index in [4.69, 9.17) is 5.73 Å². The molecule has 1 aliphatic rings. The minimum Gasteiger partial charge on any atom is -0.351 e. The lowest BCUT2D eigenvalue weighted by molar-refractivity contribution is -0.124. The monoisotopic (exact) mass is 290 g/mol. The maximum absolute atomic E-state index is 12.0. The van der Waals surface area contributed by atoms with E-state index in [0.717, 1.165) is 25.5 Å². The van der Waals surface area contributed by atoms with Crippen LogP contribution in [0, 0.1) is 5.41 Å². The van der Waals surface area contributed by atoms with Crippen molar-refractivity contribution in [3.8, 4) is 0 Å². The molecule has 5 nitrogen and oxygen atoms in total. The molecular weight excluding hydrogens is 264 g/mol. The van der Waals surface area contributed by atoms with E-state index in [-0.39, 0.29) is 29.5 Å². The fraction of sp³-hybridized carbons (Fsp3) is 0.923. The Labute approximate surface area is 116 Å². The summed E-state index contributed by atoms with van der Waals surface area (Å²) in [5.74, 6) is -0.279. The van der Waals surface area contributed by atoms with Crippen LogP contribution in [0.25, 0.3) is 0 Å². The standard InChI is InChI=1S/C13H26N2O3S/c1-13(2)8-5-4-6-11(13)15-12(16)10(14)7-9-19(3,17)18/h10-11H,4-9,14H2,1-3H3,(H,15,16). The van der Waals surface area contributed by atoms with E-state index in [2.05, 4.69) is 19.2 Å². The Morgan fingerprint density at radius 1 is 1.42 bits per heavy atom. The first-order valence-electron chi connectivity index (χ1n) is 6.85. The Morgan fingerprint density at radius 3 is 2.58 bits per heavy atom. The molecular formula is C13H26N2O3S. The third-order valence-corrected chi connectivity index (χ3v) is 4.94. The van der Waals surface area contributed by atoms with E-state index >= 15 is 0 Å². The predicted octanol–water partition coefficient (Wildman–Crippen LogP) is 0.833. The third-order valence-electron chi connectivity index (χ3n) is 3.96. The summed E-state index contributed by atoms with van der Waals surface area (Å²) in [7, 11) is -3.07. The summed E-state index contributed by atoms with van der Waals surface area (Å²) in [6, 6.07) is -0.606. The van der Waals surface area contributed by atoms with Gasteiger partial charge in [-0.1, -0.05) is 26.7 Å². The van der Waals surface area contributed by atoms with Crippen LogP contribution < -0.4 is 11.1 Å². The lowest BCUT2D eigenvalue weighted by Gasteiger charge is -2.39. The average molecular weight is 290 g/mol. The number of carbonyl (C=O) groups is 1. The van der Waals surface area contributed by atoms with Crippen molar-refractivity contribution in [2.45, 2.75) is 58.0 Å². The van der Waals surface area contributed by atoms with E-state index in [0.29, 0.717) is 0 Å². The van der Waals surface area contributed by atoms with E-state index in [1.165, 1.54) is 6.42 Å². The second-order valence-corrected chi connectivity index (χ2v) is 8.58. The molecule has 1 fully saturated rings. The van der Waals surface area contributed by atoms with Crippen LogP contribution in [0.1, 0.15) is 46.0 Å². The molecule has 6 heteroatoms. The molecule has 0 saturated heterocycles. The summed E-state index contributed by atoms with van der Waals surface area (Å²) in [6.07, 6.45) is 5.71. The number of hydrogen-bond acceptors (Lipinski definition) is 4. The van der Waals surface area contributed by atoms with Gasteiger partial charge in [-0.3, -0.25) is 4.79 Å². The minimum atomic E-state index is -3.07. The summed E-state index contributed by atoms with van der Waals surface area (Å²) < 4.78 is 22.1. The first-order valence-corrected chi connectivity index (χ1v) is 8.91. The molecule has 0 aromatic rings. The van der Waals surface area contributed by atoms with Gasteiger partial charge in [0.05, 0.1) is 11.8 Å². The van der Waals surface area contributed by atoms with E-state index in [1.807, 2.05) is 0 Å². The maximum Gasteiger partial charge on any atom is 0.237 e. The Bertz CT molecular complexity index is 418. The minimum absolute atomic E-state index is 0.0460. The zero-order valence-corrected chi connectivity index (χ0v) is 12.9. The van der Waals surface area contributed by atoms with Crippen LogP contribution in [0.5, 0.6) is 0 Å². The van der Waals surface area contributed by atoms with Crippen LogP contribution in [0.15, 0.2) is 0 Å². The number of rotatable bonds is 5. The summed E-state index contributed by atoms with van der Waals surface area (Å²) in [5.41, 5.74) is 5.84. The molecule has 1 saturated carbocycles. The fourth-order valence-corrected chi connectivity index (χ4v) is 3.19. The number of nitrogens with one attached hydrogen (secondary N) is 1. The highest BCUT2D eigenvalue weighted by Crippen LogP contribution is 2.35. The van der Waals surface area contributed by atoms with Gasteiger partial charge >= 0.3 is 0 Å². The molecule has 0 aliphatic heterocycles. The third kappa shape index (κ3) is 5.48. The van der Waals surface area contributed by atoms with Gasteiger partial charge in [0.15, 0.2) is 0 Å². The fourth-order valence-electron chi connectivity index (χ4n) is 2.51. The molecule has 0 radical (unpaired) electrons. The molecule has 19 heavy (non-hydrogen) atoms. The van der Waals surface area contributed by atoms with E-state index in [1.54, 1.807) is 0 Å². The number of nitrogens with two attached hydrogens (primary N) is 1. The van der Waals surface area contributed by atoms with E-state index < -0.39 is 15.9 Å². The molecule has 0 bridgehead atoms.